The molecule has 2 aliphatic rings. The number of aromatic nitrogens is 2. The smallest absolute Gasteiger partial charge is 0.306 e. The molecule has 0 radical (unpaired) electrons. The highest BCUT2D eigenvalue weighted by Gasteiger charge is 2.27. The summed E-state index contributed by atoms with van der Waals surface area (Å²) in [5, 5.41) is 12.6. The van der Waals surface area contributed by atoms with Crippen LogP contribution in [0.2, 0.25) is 0 Å². The number of nitrogens with zero attached hydrogens (tertiary/aromatic N) is 2. The lowest BCUT2D eigenvalue weighted by Crippen LogP contribution is -2.36. The van der Waals surface area contributed by atoms with Crippen molar-refractivity contribution in [1.82, 2.24) is 14.9 Å². The van der Waals surface area contributed by atoms with E-state index < -0.39 is 5.97 Å². The minimum atomic E-state index is -0.678. The van der Waals surface area contributed by atoms with Crippen LogP contribution in [0.15, 0.2) is 6.20 Å². The Morgan fingerprint density at radius 3 is 3.11 bits per heavy atom. The zero-order valence-corrected chi connectivity index (χ0v) is 11.1. The molecule has 2 unspecified atom stereocenters. The number of hydrogen-bond acceptors (Lipinski definition) is 3. The number of imidazole rings is 1. The molecule has 2 N–H and O–H groups in total. The van der Waals surface area contributed by atoms with Gasteiger partial charge in [0.1, 0.15) is 5.82 Å². The molecule has 19 heavy (non-hydrogen) atoms. The second-order valence-corrected chi connectivity index (χ2v) is 5.70. The first-order valence-corrected chi connectivity index (χ1v) is 7.23. The number of carboxylic acid groups (broad SMARTS) is 1. The Hall–Kier alpha value is -1.36. The minimum absolute atomic E-state index is 0.232. The van der Waals surface area contributed by atoms with Crippen LogP contribution in [0.5, 0.6) is 0 Å². The van der Waals surface area contributed by atoms with E-state index >= 15 is 0 Å². The Balaban J connectivity index is 1.70. The molecule has 0 aromatic carbocycles. The molecule has 0 bridgehead atoms. The van der Waals surface area contributed by atoms with E-state index in [1.54, 1.807) is 0 Å². The molecule has 2 atom stereocenters. The first-order valence-electron chi connectivity index (χ1n) is 7.23. The van der Waals surface area contributed by atoms with E-state index in [4.69, 9.17) is 5.11 Å². The highest BCUT2D eigenvalue weighted by Crippen LogP contribution is 2.23. The summed E-state index contributed by atoms with van der Waals surface area (Å²) in [5.74, 6) is 0.214. The fourth-order valence-electron chi connectivity index (χ4n) is 3.22. The third kappa shape index (κ3) is 2.66. The maximum absolute atomic E-state index is 11.0. The fraction of sp³-hybridized carbons (Fsp3) is 0.714. The first kappa shape index (κ1) is 12.7. The van der Waals surface area contributed by atoms with Gasteiger partial charge in [-0.3, -0.25) is 4.79 Å². The normalized spacial score (nSPS) is 26.9. The highest BCUT2D eigenvalue weighted by atomic mass is 16.4. The number of carbonyl (C=O) groups is 1. The lowest BCUT2D eigenvalue weighted by Gasteiger charge is -2.25. The minimum Gasteiger partial charge on any atom is -0.481 e. The maximum atomic E-state index is 11.0. The number of fused-ring (bicyclic) bond motifs is 1. The van der Waals surface area contributed by atoms with Crippen molar-refractivity contribution in [2.24, 2.45) is 5.92 Å². The molecular formula is C14H21N3O2. The average molecular weight is 263 g/mol. The van der Waals surface area contributed by atoms with E-state index in [9.17, 15) is 4.79 Å². The Morgan fingerprint density at radius 1 is 1.47 bits per heavy atom. The molecule has 5 nitrogen and oxygen atoms in total. The van der Waals surface area contributed by atoms with Gasteiger partial charge in [0.15, 0.2) is 0 Å². The van der Waals surface area contributed by atoms with Crippen molar-refractivity contribution in [2.75, 3.05) is 6.54 Å². The second kappa shape index (κ2) is 5.33. The molecule has 3 heterocycles. The quantitative estimate of drug-likeness (QED) is 0.860. The third-order valence-electron chi connectivity index (χ3n) is 4.37. The molecule has 1 aromatic rings. The van der Waals surface area contributed by atoms with Crippen molar-refractivity contribution in [3.63, 3.8) is 0 Å². The van der Waals surface area contributed by atoms with Crippen LogP contribution in [0.25, 0.3) is 0 Å². The van der Waals surface area contributed by atoms with E-state index in [0.717, 1.165) is 37.4 Å². The number of piperidine rings is 1. The Morgan fingerprint density at radius 2 is 2.37 bits per heavy atom. The van der Waals surface area contributed by atoms with Crippen molar-refractivity contribution < 1.29 is 9.90 Å². The van der Waals surface area contributed by atoms with E-state index in [1.807, 2.05) is 6.20 Å². The van der Waals surface area contributed by atoms with Crippen LogP contribution < -0.4 is 5.32 Å². The summed E-state index contributed by atoms with van der Waals surface area (Å²) in [7, 11) is 0. The molecule has 2 aliphatic heterocycles. The van der Waals surface area contributed by atoms with E-state index in [0.29, 0.717) is 12.5 Å². The van der Waals surface area contributed by atoms with E-state index in [2.05, 4.69) is 14.9 Å². The van der Waals surface area contributed by atoms with Gasteiger partial charge in [-0.15, -0.1) is 0 Å². The molecule has 1 fully saturated rings. The monoisotopic (exact) mass is 263 g/mol. The van der Waals surface area contributed by atoms with Gasteiger partial charge in [0.25, 0.3) is 0 Å². The number of nitrogens with one attached hydrogen (secondary N) is 1. The number of hydrogen-bond donors (Lipinski definition) is 2. The third-order valence-corrected chi connectivity index (χ3v) is 4.37. The predicted octanol–water partition coefficient (Wildman–Crippen LogP) is 1.21. The first-order chi connectivity index (χ1) is 9.24. The zero-order valence-electron chi connectivity index (χ0n) is 11.1. The number of carboxylic acids is 1. The summed E-state index contributed by atoms with van der Waals surface area (Å²) in [6.07, 6.45) is 7.98. The molecule has 104 valence electrons. The fourth-order valence-corrected chi connectivity index (χ4v) is 3.22. The molecule has 0 amide bonds. The van der Waals surface area contributed by atoms with Gasteiger partial charge < -0.3 is 15.0 Å². The summed E-state index contributed by atoms with van der Waals surface area (Å²) < 4.78 is 2.23. The Bertz CT molecular complexity index is 463. The van der Waals surface area contributed by atoms with Gasteiger partial charge in [-0.05, 0) is 25.8 Å². The Kier molecular flexibility index (Phi) is 3.55. The largest absolute Gasteiger partial charge is 0.481 e. The van der Waals surface area contributed by atoms with Crippen LogP contribution in [0.1, 0.15) is 37.2 Å². The standard InChI is InChI=1S/C14H21N3O2/c18-14(19)10-4-6-17-12(7-10)9-16-13(17)8-11-3-1-2-5-15-11/h9-11,15H,1-8H2,(H,18,19). The summed E-state index contributed by atoms with van der Waals surface area (Å²) in [4.78, 5) is 15.6. The van der Waals surface area contributed by atoms with Crippen LogP contribution in [0, 0.1) is 5.92 Å². The van der Waals surface area contributed by atoms with Crippen molar-refractivity contribution in [3.05, 3.63) is 17.7 Å². The molecule has 1 saturated heterocycles. The highest BCUT2D eigenvalue weighted by molar-refractivity contribution is 5.70. The lowest BCUT2D eigenvalue weighted by atomic mass is 9.96. The molecule has 1 aromatic heterocycles. The maximum Gasteiger partial charge on any atom is 0.306 e. The van der Waals surface area contributed by atoms with Gasteiger partial charge in [0, 0.05) is 37.3 Å². The SMILES string of the molecule is O=C(O)C1CCn2c(cnc2CC2CCCCN2)C1. The molecule has 0 aliphatic carbocycles. The van der Waals surface area contributed by atoms with E-state index in [-0.39, 0.29) is 5.92 Å². The van der Waals surface area contributed by atoms with Crippen molar-refractivity contribution in [2.45, 2.75) is 51.1 Å². The Labute approximate surface area is 113 Å². The van der Waals surface area contributed by atoms with Crippen LogP contribution >= 0.6 is 0 Å². The van der Waals surface area contributed by atoms with Crippen molar-refractivity contribution in [3.8, 4) is 0 Å². The zero-order chi connectivity index (χ0) is 13.2. The van der Waals surface area contributed by atoms with Gasteiger partial charge in [0.2, 0.25) is 0 Å². The van der Waals surface area contributed by atoms with E-state index in [1.165, 1.54) is 19.3 Å². The van der Waals surface area contributed by atoms with Gasteiger partial charge in [-0.25, -0.2) is 4.98 Å². The van der Waals surface area contributed by atoms with Gasteiger partial charge in [-0.2, -0.15) is 0 Å². The molecule has 0 saturated carbocycles. The second-order valence-electron chi connectivity index (χ2n) is 5.70. The van der Waals surface area contributed by atoms with Crippen LogP contribution in [-0.2, 0) is 24.2 Å². The molecule has 5 heteroatoms. The van der Waals surface area contributed by atoms with Crippen LogP contribution in [0.3, 0.4) is 0 Å². The van der Waals surface area contributed by atoms with Crippen LogP contribution in [0.4, 0.5) is 0 Å². The summed E-state index contributed by atoms with van der Waals surface area (Å²) >= 11 is 0. The predicted molar refractivity (Wildman–Crippen MR) is 71.0 cm³/mol. The number of aliphatic carboxylic acids is 1. The van der Waals surface area contributed by atoms with Crippen molar-refractivity contribution in [1.29, 1.82) is 0 Å². The van der Waals surface area contributed by atoms with Crippen LogP contribution in [-0.4, -0.2) is 33.2 Å². The van der Waals surface area contributed by atoms with Crippen molar-refractivity contribution >= 4 is 5.97 Å². The molecule has 0 spiro atoms. The summed E-state index contributed by atoms with van der Waals surface area (Å²) in [5.41, 5.74) is 1.09. The van der Waals surface area contributed by atoms with Gasteiger partial charge in [-0.1, -0.05) is 6.42 Å². The lowest BCUT2D eigenvalue weighted by molar-refractivity contribution is -0.142. The van der Waals surface area contributed by atoms with Gasteiger partial charge in [0.05, 0.1) is 5.92 Å². The summed E-state index contributed by atoms with van der Waals surface area (Å²) in [6.45, 7) is 1.91. The summed E-state index contributed by atoms with van der Waals surface area (Å²) in [6, 6.07) is 0.539. The average Bonchev–Trinajstić information content (AvgIpc) is 2.82. The van der Waals surface area contributed by atoms with Gasteiger partial charge >= 0.3 is 5.97 Å². The molecule has 3 rings (SSSR count). The topological polar surface area (TPSA) is 67.1 Å². The molecular weight excluding hydrogens is 242 g/mol. The number of rotatable bonds is 3.